The first kappa shape index (κ1) is 22.1. The number of thioether (sulfide) groups is 1. The van der Waals surface area contributed by atoms with Crippen molar-refractivity contribution in [1.82, 2.24) is 4.90 Å². The summed E-state index contributed by atoms with van der Waals surface area (Å²) in [4.78, 5) is 19.7. The lowest BCUT2D eigenvalue weighted by Crippen LogP contribution is -2.28. The highest BCUT2D eigenvalue weighted by atomic mass is 35.5. The molecule has 1 amide bonds. The van der Waals surface area contributed by atoms with Gasteiger partial charge >= 0.3 is 0 Å². The van der Waals surface area contributed by atoms with Crippen LogP contribution >= 0.6 is 23.4 Å². The Kier molecular flexibility index (Phi) is 7.29. The summed E-state index contributed by atoms with van der Waals surface area (Å²) in [6.07, 6.45) is 1.75. The van der Waals surface area contributed by atoms with E-state index in [0.717, 1.165) is 11.4 Å². The number of likely N-dealkylation sites (N-methyl/N-ethyl adjacent to an activating group) is 1. The zero-order valence-corrected chi connectivity index (χ0v) is 18.8. The summed E-state index contributed by atoms with van der Waals surface area (Å²) >= 11 is 7.70. The molecule has 6 nitrogen and oxygen atoms in total. The van der Waals surface area contributed by atoms with Gasteiger partial charge in [-0.2, -0.15) is 0 Å². The number of amidine groups is 1. The second kappa shape index (κ2) is 9.91. The van der Waals surface area contributed by atoms with E-state index in [4.69, 9.17) is 25.8 Å². The number of benzene rings is 2. The fraction of sp³-hybridized carbons (Fsp3) is 0.273. The summed E-state index contributed by atoms with van der Waals surface area (Å²) in [6.45, 7) is 4.97. The normalized spacial score (nSPS) is 16.4. The summed E-state index contributed by atoms with van der Waals surface area (Å²) in [5.41, 5.74) is 1.42. The SMILES string of the molecule is CCOc1ccc(N=C2S/C(=C/c3cc(OC)c(OC)cc3Cl)C(=O)N2CC)cc1. The molecule has 0 saturated carbocycles. The Bertz CT molecular complexity index is 989. The van der Waals surface area contributed by atoms with E-state index < -0.39 is 0 Å². The number of methoxy groups -OCH3 is 2. The molecule has 1 fully saturated rings. The molecular weight excluding hydrogens is 424 g/mol. The first-order valence-electron chi connectivity index (χ1n) is 9.45. The summed E-state index contributed by atoms with van der Waals surface area (Å²) in [7, 11) is 3.10. The van der Waals surface area contributed by atoms with Crippen molar-refractivity contribution in [2.45, 2.75) is 13.8 Å². The van der Waals surface area contributed by atoms with Crippen molar-refractivity contribution < 1.29 is 19.0 Å². The average molecular weight is 447 g/mol. The molecule has 0 bridgehead atoms. The largest absolute Gasteiger partial charge is 0.494 e. The van der Waals surface area contributed by atoms with Gasteiger partial charge in [-0.1, -0.05) is 11.6 Å². The molecule has 0 N–H and O–H groups in total. The number of rotatable bonds is 7. The number of aliphatic imine (C=N–C) groups is 1. The Morgan fingerprint density at radius 3 is 2.37 bits per heavy atom. The lowest BCUT2D eigenvalue weighted by molar-refractivity contribution is -0.122. The molecule has 1 saturated heterocycles. The summed E-state index contributed by atoms with van der Waals surface area (Å²) in [6, 6.07) is 10.9. The van der Waals surface area contributed by atoms with Crippen LogP contribution in [0.3, 0.4) is 0 Å². The van der Waals surface area contributed by atoms with Gasteiger partial charge in [0.1, 0.15) is 5.75 Å². The van der Waals surface area contributed by atoms with Crippen LogP contribution in [0, 0.1) is 0 Å². The number of carbonyl (C=O) groups is 1. The zero-order chi connectivity index (χ0) is 21.7. The summed E-state index contributed by atoms with van der Waals surface area (Å²) in [5.74, 6) is 1.74. The quantitative estimate of drug-likeness (QED) is 0.534. The fourth-order valence-corrected chi connectivity index (χ4v) is 4.15. The molecule has 8 heteroatoms. The third-order valence-electron chi connectivity index (χ3n) is 4.37. The second-order valence-corrected chi connectivity index (χ2v) is 7.63. The van der Waals surface area contributed by atoms with Crippen LogP contribution in [0.2, 0.25) is 5.02 Å². The molecule has 0 spiro atoms. The van der Waals surface area contributed by atoms with Gasteiger partial charge in [0.2, 0.25) is 0 Å². The van der Waals surface area contributed by atoms with E-state index in [9.17, 15) is 4.79 Å². The molecule has 0 radical (unpaired) electrons. The molecule has 0 aromatic heterocycles. The van der Waals surface area contributed by atoms with Gasteiger partial charge in [-0.15, -0.1) is 0 Å². The van der Waals surface area contributed by atoms with Gasteiger partial charge in [0.25, 0.3) is 5.91 Å². The molecule has 2 aromatic rings. The van der Waals surface area contributed by atoms with Gasteiger partial charge in [-0.25, -0.2) is 4.99 Å². The van der Waals surface area contributed by atoms with Gasteiger partial charge in [-0.3, -0.25) is 9.69 Å². The number of amides is 1. The van der Waals surface area contributed by atoms with Crippen LogP contribution in [0.5, 0.6) is 17.2 Å². The van der Waals surface area contributed by atoms with Crippen molar-refractivity contribution in [2.24, 2.45) is 4.99 Å². The van der Waals surface area contributed by atoms with Gasteiger partial charge in [0.05, 0.1) is 36.4 Å². The van der Waals surface area contributed by atoms with Gasteiger partial charge in [0.15, 0.2) is 16.7 Å². The number of carbonyl (C=O) groups excluding carboxylic acids is 1. The van der Waals surface area contributed by atoms with Crippen LogP contribution in [0.15, 0.2) is 46.3 Å². The van der Waals surface area contributed by atoms with Crippen LogP contribution in [-0.4, -0.2) is 43.3 Å². The highest BCUT2D eigenvalue weighted by Crippen LogP contribution is 2.38. The molecule has 158 valence electrons. The third-order valence-corrected chi connectivity index (χ3v) is 5.70. The first-order valence-corrected chi connectivity index (χ1v) is 10.6. The number of halogens is 1. The maximum Gasteiger partial charge on any atom is 0.266 e. The molecule has 3 rings (SSSR count). The van der Waals surface area contributed by atoms with Crippen LogP contribution < -0.4 is 14.2 Å². The Hall–Kier alpha value is -2.64. The monoisotopic (exact) mass is 446 g/mol. The maximum atomic E-state index is 12.9. The topological polar surface area (TPSA) is 60.4 Å². The van der Waals surface area contributed by atoms with Gasteiger partial charge < -0.3 is 14.2 Å². The van der Waals surface area contributed by atoms with E-state index in [-0.39, 0.29) is 5.91 Å². The maximum absolute atomic E-state index is 12.9. The minimum Gasteiger partial charge on any atom is -0.494 e. The Morgan fingerprint density at radius 1 is 1.10 bits per heavy atom. The second-order valence-electron chi connectivity index (χ2n) is 6.21. The minimum atomic E-state index is -0.113. The van der Waals surface area contributed by atoms with E-state index in [2.05, 4.69) is 4.99 Å². The van der Waals surface area contributed by atoms with E-state index in [1.807, 2.05) is 38.1 Å². The first-order chi connectivity index (χ1) is 14.5. The number of hydrogen-bond donors (Lipinski definition) is 0. The lowest BCUT2D eigenvalue weighted by Gasteiger charge is -2.12. The molecule has 1 aliphatic heterocycles. The number of hydrogen-bond acceptors (Lipinski definition) is 6. The van der Waals surface area contributed by atoms with E-state index in [0.29, 0.717) is 45.3 Å². The molecule has 2 aromatic carbocycles. The summed E-state index contributed by atoms with van der Waals surface area (Å²) in [5, 5.41) is 1.09. The highest BCUT2D eigenvalue weighted by Gasteiger charge is 2.32. The lowest BCUT2D eigenvalue weighted by atomic mass is 10.1. The van der Waals surface area contributed by atoms with Crippen molar-refractivity contribution in [1.29, 1.82) is 0 Å². The molecule has 1 heterocycles. The van der Waals surface area contributed by atoms with E-state index in [1.54, 1.807) is 37.3 Å². The molecule has 30 heavy (non-hydrogen) atoms. The van der Waals surface area contributed by atoms with Gasteiger partial charge in [-0.05, 0) is 67.6 Å². The van der Waals surface area contributed by atoms with Crippen molar-refractivity contribution in [2.75, 3.05) is 27.4 Å². The smallest absolute Gasteiger partial charge is 0.266 e. The Labute approximate surface area is 185 Å². The average Bonchev–Trinajstić information content (AvgIpc) is 3.04. The predicted molar refractivity (Wildman–Crippen MR) is 122 cm³/mol. The van der Waals surface area contributed by atoms with Crippen molar-refractivity contribution >= 4 is 46.2 Å². The fourth-order valence-electron chi connectivity index (χ4n) is 2.89. The third kappa shape index (κ3) is 4.74. The van der Waals surface area contributed by atoms with Crippen LogP contribution in [-0.2, 0) is 4.79 Å². The van der Waals surface area contributed by atoms with Crippen molar-refractivity contribution in [3.63, 3.8) is 0 Å². The Balaban J connectivity index is 1.92. The number of nitrogens with zero attached hydrogens (tertiary/aromatic N) is 2. The predicted octanol–water partition coefficient (Wildman–Crippen LogP) is 5.38. The minimum absolute atomic E-state index is 0.113. The standard InChI is InChI=1S/C22H23ClN2O4S/c1-5-25-21(26)20(12-14-11-18(27-3)19(28-4)13-17(14)23)30-22(25)24-15-7-9-16(10-8-15)29-6-2/h7-13H,5-6H2,1-4H3/b20-12+,24-22?. The van der Waals surface area contributed by atoms with Gasteiger partial charge in [0, 0.05) is 12.6 Å². The molecule has 0 aliphatic carbocycles. The summed E-state index contributed by atoms with van der Waals surface area (Å²) < 4.78 is 16.1. The van der Waals surface area contributed by atoms with Crippen molar-refractivity contribution in [3.05, 3.63) is 51.9 Å². The number of ether oxygens (including phenoxy) is 3. The van der Waals surface area contributed by atoms with E-state index in [1.165, 1.54) is 11.8 Å². The molecule has 0 atom stereocenters. The molecule has 1 aliphatic rings. The zero-order valence-electron chi connectivity index (χ0n) is 17.3. The van der Waals surface area contributed by atoms with Crippen LogP contribution in [0.1, 0.15) is 19.4 Å². The molecule has 0 unspecified atom stereocenters. The van der Waals surface area contributed by atoms with Crippen LogP contribution in [0.25, 0.3) is 6.08 Å². The van der Waals surface area contributed by atoms with E-state index >= 15 is 0 Å². The highest BCUT2D eigenvalue weighted by molar-refractivity contribution is 8.18. The Morgan fingerprint density at radius 2 is 1.77 bits per heavy atom. The van der Waals surface area contributed by atoms with Crippen molar-refractivity contribution in [3.8, 4) is 17.2 Å². The molecular formula is C22H23ClN2O4S. The van der Waals surface area contributed by atoms with Crippen LogP contribution in [0.4, 0.5) is 5.69 Å².